The van der Waals surface area contributed by atoms with E-state index in [9.17, 15) is 9.59 Å². The molecule has 0 amide bonds. The summed E-state index contributed by atoms with van der Waals surface area (Å²) in [4.78, 5) is 24.5. The number of fused-ring (bicyclic) bond motifs is 2. The highest BCUT2D eigenvalue weighted by Crippen LogP contribution is 2.20. The Morgan fingerprint density at radius 3 is 1.78 bits per heavy atom. The van der Waals surface area contributed by atoms with Crippen LogP contribution >= 0.6 is 0 Å². The Morgan fingerprint density at radius 1 is 0.688 bits per heavy atom. The minimum atomic E-state index is -0.880. The van der Waals surface area contributed by atoms with Crippen LogP contribution in [0.25, 0.3) is 21.5 Å². The van der Waals surface area contributed by atoms with Crippen LogP contribution in [-0.2, 0) is 32.3 Å². The summed E-state index contributed by atoms with van der Waals surface area (Å²) < 4.78 is 10.8. The molecule has 0 saturated heterocycles. The molecule has 0 heterocycles. The van der Waals surface area contributed by atoms with Crippen LogP contribution in [0.5, 0.6) is 0 Å². The molecular weight excluding hydrogens is 402 g/mol. The molecule has 0 aliphatic rings. The van der Waals surface area contributed by atoms with Crippen molar-refractivity contribution in [2.45, 2.75) is 32.1 Å². The van der Waals surface area contributed by atoms with Gasteiger partial charge < -0.3 is 15.2 Å². The third-order valence-corrected chi connectivity index (χ3v) is 5.48. The summed E-state index contributed by atoms with van der Waals surface area (Å²) in [5, 5.41) is 4.26. The molecule has 0 aromatic heterocycles. The molecule has 0 spiro atoms. The largest absolute Gasteiger partial charge is 0.461 e. The normalized spacial score (nSPS) is 11.9. The van der Waals surface area contributed by atoms with E-state index in [1.807, 2.05) is 84.9 Å². The summed E-state index contributed by atoms with van der Waals surface area (Å²) in [7, 11) is 0. The van der Waals surface area contributed by atoms with Crippen molar-refractivity contribution in [2.75, 3.05) is 0 Å². The monoisotopic (exact) mass is 427 g/mol. The van der Waals surface area contributed by atoms with Crippen LogP contribution in [0.1, 0.15) is 24.0 Å². The summed E-state index contributed by atoms with van der Waals surface area (Å²) in [6.45, 7) is 0.320. The SMILES string of the molecule is N[C@@H](CCC(=O)OCc1cccc2ccccc12)C(=O)OCc1cccc2ccccc12. The minimum absolute atomic E-state index is 0.0509. The Kier molecular flexibility index (Phi) is 6.78. The van der Waals surface area contributed by atoms with E-state index in [2.05, 4.69) is 0 Å². The molecule has 2 N–H and O–H groups in total. The van der Waals surface area contributed by atoms with E-state index in [1.165, 1.54) is 0 Å². The van der Waals surface area contributed by atoms with Crippen LogP contribution in [0.15, 0.2) is 84.9 Å². The van der Waals surface area contributed by atoms with Gasteiger partial charge in [-0.15, -0.1) is 0 Å². The van der Waals surface area contributed by atoms with Crippen LogP contribution in [0.4, 0.5) is 0 Å². The summed E-state index contributed by atoms with van der Waals surface area (Å²) in [5.74, 6) is -0.921. The molecule has 162 valence electrons. The van der Waals surface area contributed by atoms with E-state index < -0.39 is 18.0 Å². The Balaban J connectivity index is 1.25. The second-order valence-corrected chi connectivity index (χ2v) is 7.69. The molecule has 4 aromatic carbocycles. The molecule has 0 unspecified atom stereocenters. The number of esters is 2. The molecule has 0 fully saturated rings. The zero-order valence-electron chi connectivity index (χ0n) is 17.7. The highest BCUT2D eigenvalue weighted by molar-refractivity contribution is 5.86. The topological polar surface area (TPSA) is 78.6 Å². The molecule has 0 aliphatic carbocycles. The van der Waals surface area contributed by atoms with Gasteiger partial charge in [-0.3, -0.25) is 9.59 Å². The van der Waals surface area contributed by atoms with E-state index in [0.717, 1.165) is 32.7 Å². The number of benzene rings is 4. The van der Waals surface area contributed by atoms with Gasteiger partial charge in [-0.25, -0.2) is 0 Å². The molecule has 0 saturated carbocycles. The average Bonchev–Trinajstić information content (AvgIpc) is 2.84. The van der Waals surface area contributed by atoms with Gasteiger partial charge >= 0.3 is 11.9 Å². The van der Waals surface area contributed by atoms with E-state index in [4.69, 9.17) is 15.2 Å². The first-order chi connectivity index (χ1) is 15.6. The summed E-state index contributed by atoms with van der Waals surface area (Å²) >= 11 is 0. The zero-order chi connectivity index (χ0) is 22.3. The Morgan fingerprint density at radius 2 is 1.19 bits per heavy atom. The maximum atomic E-state index is 12.3. The lowest BCUT2D eigenvalue weighted by molar-refractivity contribution is -0.148. The van der Waals surface area contributed by atoms with Crippen LogP contribution < -0.4 is 5.73 Å². The van der Waals surface area contributed by atoms with E-state index in [0.29, 0.717) is 0 Å². The number of nitrogens with two attached hydrogens (primary N) is 1. The zero-order valence-corrected chi connectivity index (χ0v) is 17.7. The van der Waals surface area contributed by atoms with E-state index in [-0.39, 0.29) is 26.1 Å². The van der Waals surface area contributed by atoms with Crippen molar-refractivity contribution < 1.29 is 19.1 Å². The maximum Gasteiger partial charge on any atom is 0.323 e. The van der Waals surface area contributed by atoms with Gasteiger partial charge in [-0.1, -0.05) is 84.9 Å². The van der Waals surface area contributed by atoms with Crippen molar-refractivity contribution in [2.24, 2.45) is 5.73 Å². The van der Waals surface area contributed by atoms with Crippen molar-refractivity contribution in [3.8, 4) is 0 Å². The van der Waals surface area contributed by atoms with Gasteiger partial charge in [-0.2, -0.15) is 0 Å². The highest BCUT2D eigenvalue weighted by atomic mass is 16.5. The fourth-order valence-electron chi connectivity index (χ4n) is 3.71. The molecule has 4 rings (SSSR count). The average molecular weight is 428 g/mol. The van der Waals surface area contributed by atoms with Gasteiger partial charge in [0.1, 0.15) is 19.3 Å². The number of carbonyl (C=O) groups is 2. The second kappa shape index (κ2) is 10.1. The number of hydrogen-bond donors (Lipinski definition) is 1. The van der Waals surface area contributed by atoms with Crippen LogP contribution in [0.2, 0.25) is 0 Å². The van der Waals surface area contributed by atoms with Crippen molar-refractivity contribution in [3.05, 3.63) is 96.1 Å². The van der Waals surface area contributed by atoms with Crippen molar-refractivity contribution in [3.63, 3.8) is 0 Å². The molecule has 0 bridgehead atoms. The lowest BCUT2D eigenvalue weighted by atomic mass is 10.1. The Hall–Kier alpha value is -3.70. The summed E-state index contributed by atoms with van der Waals surface area (Å²) in [6.07, 6.45) is 0.220. The highest BCUT2D eigenvalue weighted by Gasteiger charge is 2.18. The predicted octanol–water partition coefficient (Wildman–Crippen LogP) is 4.89. The predicted molar refractivity (Wildman–Crippen MR) is 125 cm³/mol. The van der Waals surface area contributed by atoms with Crippen molar-refractivity contribution >= 4 is 33.5 Å². The fourth-order valence-corrected chi connectivity index (χ4v) is 3.71. The Bertz CT molecular complexity index is 1240. The fraction of sp³-hybridized carbons (Fsp3) is 0.185. The lowest BCUT2D eigenvalue weighted by Gasteiger charge is -2.13. The first kappa shape index (κ1) is 21.5. The standard InChI is InChI=1S/C27H25NO4/c28-25(27(30)32-18-22-12-6-10-20-8-2-4-14-24(20)22)15-16-26(29)31-17-21-11-5-9-19-7-1-3-13-23(19)21/h1-14,25H,15-18,28H2/t25-/m0/s1. The molecule has 0 aliphatic heterocycles. The van der Waals surface area contributed by atoms with E-state index >= 15 is 0 Å². The molecule has 5 heteroatoms. The molecule has 0 radical (unpaired) electrons. The molecule has 5 nitrogen and oxygen atoms in total. The smallest absolute Gasteiger partial charge is 0.323 e. The van der Waals surface area contributed by atoms with Gasteiger partial charge in [0.05, 0.1) is 0 Å². The third kappa shape index (κ3) is 5.13. The third-order valence-electron chi connectivity index (χ3n) is 5.48. The van der Waals surface area contributed by atoms with Gasteiger partial charge in [0.2, 0.25) is 0 Å². The minimum Gasteiger partial charge on any atom is -0.461 e. The van der Waals surface area contributed by atoms with Gasteiger partial charge in [0.15, 0.2) is 0 Å². The van der Waals surface area contributed by atoms with Crippen LogP contribution in [-0.4, -0.2) is 18.0 Å². The lowest BCUT2D eigenvalue weighted by Crippen LogP contribution is -2.32. The van der Waals surface area contributed by atoms with Crippen LogP contribution in [0, 0.1) is 0 Å². The first-order valence-electron chi connectivity index (χ1n) is 10.6. The number of ether oxygens (including phenoxy) is 2. The van der Waals surface area contributed by atoms with Gasteiger partial charge in [0.25, 0.3) is 0 Å². The summed E-state index contributed by atoms with van der Waals surface area (Å²) in [6, 6.07) is 26.7. The van der Waals surface area contributed by atoms with Crippen molar-refractivity contribution in [1.82, 2.24) is 0 Å². The molecule has 4 aromatic rings. The number of rotatable bonds is 8. The molecule has 1 atom stereocenters. The van der Waals surface area contributed by atoms with Crippen molar-refractivity contribution in [1.29, 1.82) is 0 Å². The van der Waals surface area contributed by atoms with Crippen LogP contribution in [0.3, 0.4) is 0 Å². The number of hydrogen-bond acceptors (Lipinski definition) is 5. The number of carbonyl (C=O) groups excluding carboxylic acids is 2. The Labute approximate surface area is 186 Å². The molecular formula is C27H25NO4. The quantitative estimate of drug-likeness (QED) is 0.405. The maximum absolute atomic E-state index is 12.3. The second-order valence-electron chi connectivity index (χ2n) is 7.69. The van der Waals surface area contributed by atoms with Gasteiger partial charge in [0, 0.05) is 6.42 Å². The van der Waals surface area contributed by atoms with E-state index in [1.54, 1.807) is 0 Å². The first-order valence-corrected chi connectivity index (χ1v) is 10.6. The van der Waals surface area contributed by atoms with Gasteiger partial charge in [-0.05, 0) is 39.1 Å². The molecule has 32 heavy (non-hydrogen) atoms. The summed E-state index contributed by atoms with van der Waals surface area (Å²) in [5.41, 5.74) is 7.80.